The summed E-state index contributed by atoms with van der Waals surface area (Å²) in [5.74, 6) is 0.182. The number of ether oxygens (including phenoxy) is 1. The average molecular weight is 365 g/mol. The minimum atomic E-state index is -3.11. The molecule has 1 aromatic rings. The van der Waals surface area contributed by atoms with Crippen LogP contribution in [0.5, 0.6) is 5.75 Å². The second-order valence-electron chi connectivity index (χ2n) is 5.50. The van der Waals surface area contributed by atoms with Crippen molar-refractivity contribution < 1.29 is 17.9 Å². The Labute approximate surface area is 144 Å². The zero-order chi connectivity index (χ0) is 17.3. The summed E-state index contributed by atoms with van der Waals surface area (Å²) in [4.78, 5) is 17.5. The molecule has 2 saturated heterocycles. The summed E-state index contributed by atoms with van der Waals surface area (Å²) in [6.45, 7) is 0. The second-order valence-corrected chi connectivity index (χ2v) is 8.86. The topological polar surface area (TPSA) is 99.8 Å². The van der Waals surface area contributed by atoms with E-state index in [0.717, 1.165) is 5.69 Å². The summed E-state index contributed by atoms with van der Waals surface area (Å²) in [7, 11) is -1.56. The van der Waals surface area contributed by atoms with Crippen LogP contribution in [0.3, 0.4) is 0 Å². The van der Waals surface area contributed by atoms with Crippen molar-refractivity contribution in [1.82, 2.24) is 0 Å². The lowest BCUT2D eigenvalue weighted by molar-refractivity contribution is -0.116. The van der Waals surface area contributed by atoms with Gasteiger partial charge in [0.05, 0.1) is 30.7 Å². The zero-order valence-corrected chi connectivity index (χ0v) is 14.5. The summed E-state index contributed by atoms with van der Waals surface area (Å²) < 4.78 is 29.1. The first-order valence-electron chi connectivity index (χ1n) is 7.22. The third-order valence-electron chi connectivity index (χ3n) is 3.85. The maximum atomic E-state index is 12.0. The molecule has 1 aromatic carbocycles. The van der Waals surface area contributed by atoms with Gasteiger partial charge in [-0.3, -0.25) is 4.79 Å². The van der Waals surface area contributed by atoms with E-state index in [1.54, 1.807) is 36.3 Å². The van der Waals surface area contributed by atoms with Gasteiger partial charge in [0.15, 0.2) is 15.0 Å². The molecule has 0 spiro atoms. The summed E-state index contributed by atoms with van der Waals surface area (Å²) in [6, 6.07) is 8.68. The number of amidine groups is 1. The number of sulfone groups is 1. The molecule has 1 amide bonds. The molecule has 0 saturated carbocycles. The molecule has 2 aliphatic rings. The van der Waals surface area contributed by atoms with E-state index in [9.17, 15) is 13.2 Å². The van der Waals surface area contributed by atoms with Crippen LogP contribution < -0.4 is 9.64 Å². The molecule has 2 heterocycles. The Hall–Kier alpha value is -2.05. The molecule has 0 radical (unpaired) electrons. The van der Waals surface area contributed by atoms with Crippen molar-refractivity contribution in [3.05, 3.63) is 24.3 Å². The van der Waals surface area contributed by atoms with Crippen LogP contribution >= 0.6 is 11.8 Å². The van der Waals surface area contributed by atoms with Crippen LogP contribution in [-0.2, 0) is 14.6 Å². The van der Waals surface area contributed by atoms with Crippen LogP contribution in [0.1, 0.15) is 6.42 Å². The largest absolute Gasteiger partial charge is 0.497 e. The second kappa shape index (κ2) is 6.45. The van der Waals surface area contributed by atoms with Crippen LogP contribution in [0.2, 0.25) is 0 Å². The lowest BCUT2D eigenvalue weighted by atomic mass is 10.2. The molecule has 0 unspecified atom stereocenters. The van der Waals surface area contributed by atoms with Crippen LogP contribution in [0.4, 0.5) is 5.69 Å². The minimum Gasteiger partial charge on any atom is -0.497 e. The van der Waals surface area contributed by atoms with E-state index in [1.807, 2.05) is 6.07 Å². The molecule has 126 valence electrons. The van der Waals surface area contributed by atoms with Gasteiger partial charge in [-0.1, -0.05) is 17.8 Å². The van der Waals surface area contributed by atoms with Gasteiger partial charge in [0.1, 0.15) is 12.2 Å². The first-order chi connectivity index (χ1) is 11.4. The number of benzene rings is 1. The van der Waals surface area contributed by atoms with Crippen LogP contribution in [0.25, 0.3) is 0 Å². The number of hydrogen-bond acceptors (Lipinski definition) is 6. The monoisotopic (exact) mass is 365 g/mol. The maximum Gasteiger partial charge on any atom is 0.262 e. The molecule has 2 aliphatic heterocycles. The Balaban J connectivity index is 2.01. The van der Waals surface area contributed by atoms with Gasteiger partial charge in [0.25, 0.3) is 5.91 Å². The van der Waals surface area contributed by atoms with Crippen molar-refractivity contribution in [1.29, 1.82) is 5.26 Å². The lowest BCUT2D eigenvalue weighted by Gasteiger charge is -2.24. The number of anilines is 1. The molecule has 9 heteroatoms. The standard InChI is InChI=1S/C15H15N3O4S2/c1-22-11-4-2-3-10(7-11)18-12-8-24(20,21)9-13(12)23-15(18)17-14(19)5-6-16/h2-4,7,12-13H,5,8-9H2,1H3/t12-,13+/m0/s1. The number of nitriles is 1. The van der Waals surface area contributed by atoms with E-state index in [4.69, 9.17) is 10.00 Å². The van der Waals surface area contributed by atoms with E-state index < -0.39 is 15.7 Å². The summed E-state index contributed by atoms with van der Waals surface area (Å²) in [5, 5.41) is 8.90. The summed E-state index contributed by atoms with van der Waals surface area (Å²) >= 11 is 1.28. The molecule has 3 rings (SSSR count). The number of fused-ring (bicyclic) bond motifs is 1. The Morgan fingerprint density at radius 1 is 1.50 bits per heavy atom. The number of rotatable bonds is 3. The Morgan fingerprint density at radius 3 is 3.00 bits per heavy atom. The number of amides is 1. The van der Waals surface area contributed by atoms with Gasteiger partial charge in [-0.25, -0.2) is 8.42 Å². The fraction of sp³-hybridized carbons (Fsp3) is 0.400. The predicted molar refractivity (Wildman–Crippen MR) is 92.0 cm³/mol. The van der Waals surface area contributed by atoms with E-state index >= 15 is 0 Å². The van der Waals surface area contributed by atoms with Gasteiger partial charge < -0.3 is 9.64 Å². The van der Waals surface area contributed by atoms with Crippen molar-refractivity contribution in [2.24, 2.45) is 4.99 Å². The Morgan fingerprint density at radius 2 is 2.29 bits per heavy atom. The molecule has 0 bridgehead atoms. The highest BCUT2D eigenvalue weighted by Crippen LogP contribution is 2.41. The highest BCUT2D eigenvalue weighted by molar-refractivity contribution is 8.16. The molecule has 7 nitrogen and oxygen atoms in total. The number of hydrogen-bond donors (Lipinski definition) is 0. The number of carbonyl (C=O) groups is 1. The predicted octanol–water partition coefficient (Wildman–Crippen LogP) is 1.21. The highest BCUT2D eigenvalue weighted by atomic mass is 32.2. The quantitative estimate of drug-likeness (QED) is 0.793. The molecule has 24 heavy (non-hydrogen) atoms. The zero-order valence-electron chi connectivity index (χ0n) is 12.9. The molecular weight excluding hydrogens is 350 g/mol. The number of aliphatic imine (C=N–C) groups is 1. The molecule has 0 aromatic heterocycles. The normalized spacial score (nSPS) is 26.2. The highest BCUT2D eigenvalue weighted by Gasteiger charge is 2.49. The van der Waals surface area contributed by atoms with Crippen molar-refractivity contribution in [3.63, 3.8) is 0 Å². The van der Waals surface area contributed by atoms with Gasteiger partial charge in [0.2, 0.25) is 0 Å². The molecule has 2 fully saturated rings. The van der Waals surface area contributed by atoms with Crippen LogP contribution in [-0.4, -0.2) is 49.4 Å². The first-order valence-corrected chi connectivity index (χ1v) is 9.92. The van der Waals surface area contributed by atoms with Gasteiger partial charge in [-0.15, -0.1) is 0 Å². The van der Waals surface area contributed by atoms with Crippen molar-refractivity contribution in [2.75, 3.05) is 23.5 Å². The number of carbonyl (C=O) groups excluding carboxylic acids is 1. The van der Waals surface area contributed by atoms with Gasteiger partial charge >= 0.3 is 0 Å². The van der Waals surface area contributed by atoms with Gasteiger partial charge in [-0.2, -0.15) is 10.3 Å². The van der Waals surface area contributed by atoms with Gasteiger partial charge in [-0.05, 0) is 12.1 Å². The fourth-order valence-corrected chi connectivity index (χ4v) is 6.77. The number of thioether (sulfide) groups is 1. The maximum absolute atomic E-state index is 12.0. The molecule has 0 N–H and O–H groups in total. The van der Waals surface area contributed by atoms with E-state index in [2.05, 4.69) is 4.99 Å². The molecule has 0 aliphatic carbocycles. The third kappa shape index (κ3) is 3.25. The number of methoxy groups -OCH3 is 1. The van der Waals surface area contributed by atoms with E-state index in [1.165, 1.54) is 11.8 Å². The Bertz CT molecular complexity index is 845. The van der Waals surface area contributed by atoms with Crippen LogP contribution in [0.15, 0.2) is 29.3 Å². The van der Waals surface area contributed by atoms with Crippen molar-refractivity contribution in [2.45, 2.75) is 17.7 Å². The molecule has 2 atom stereocenters. The summed E-state index contributed by atoms with van der Waals surface area (Å²) in [5.41, 5.74) is 0.718. The Kier molecular flexibility index (Phi) is 4.51. The number of nitrogens with zero attached hydrogens (tertiary/aromatic N) is 3. The summed E-state index contributed by atoms with van der Waals surface area (Å²) in [6.07, 6.45) is -0.302. The SMILES string of the molecule is COc1cccc(N2C(=NC(=O)CC#N)S[C@@H]3CS(=O)(=O)C[C@@H]32)c1. The van der Waals surface area contributed by atoms with Crippen molar-refractivity contribution in [3.8, 4) is 11.8 Å². The van der Waals surface area contributed by atoms with E-state index in [-0.39, 0.29) is 29.2 Å². The fourth-order valence-electron chi connectivity index (χ4n) is 2.84. The third-order valence-corrected chi connectivity index (χ3v) is 7.06. The van der Waals surface area contributed by atoms with Gasteiger partial charge in [0, 0.05) is 17.0 Å². The van der Waals surface area contributed by atoms with Crippen LogP contribution in [0, 0.1) is 11.3 Å². The molecular formula is C15H15N3O4S2. The van der Waals surface area contributed by atoms with Crippen molar-refractivity contribution >= 4 is 38.4 Å². The average Bonchev–Trinajstić information content (AvgIpc) is 2.98. The first kappa shape index (κ1) is 16.8. The van der Waals surface area contributed by atoms with E-state index in [0.29, 0.717) is 10.9 Å². The smallest absolute Gasteiger partial charge is 0.262 e. The lowest BCUT2D eigenvalue weighted by Crippen LogP contribution is -2.37. The minimum absolute atomic E-state index is 0.0212.